The van der Waals surface area contributed by atoms with Crippen molar-refractivity contribution >= 4 is 27.8 Å². The molecular formula is C17H18BrNO5. The van der Waals surface area contributed by atoms with Crippen molar-refractivity contribution in [3.8, 4) is 11.5 Å². The van der Waals surface area contributed by atoms with Gasteiger partial charge in [-0.2, -0.15) is 0 Å². The summed E-state index contributed by atoms with van der Waals surface area (Å²) in [6, 6.07) is 3.49. The fraction of sp³-hybridized carbons (Fsp3) is 0.529. The SMILES string of the molecule is O=C(O)C1CC12CCN(C(=O)c1cc(Br)c3c(c1)OCCO3)CC2. The molecule has 4 rings (SSSR count). The van der Waals surface area contributed by atoms with Gasteiger partial charge in [-0.05, 0) is 52.7 Å². The van der Waals surface area contributed by atoms with E-state index in [1.54, 1.807) is 17.0 Å². The van der Waals surface area contributed by atoms with E-state index in [1.807, 2.05) is 0 Å². The van der Waals surface area contributed by atoms with Gasteiger partial charge < -0.3 is 19.5 Å². The first-order valence-corrected chi connectivity index (χ1v) is 8.91. The summed E-state index contributed by atoms with van der Waals surface area (Å²) in [5.41, 5.74) is 0.489. The van der Waals surface area contributed by atoms with Crippen molar-refractivity contribution in [2.75, 3.05) is 26.3 Å². The maximum Gasteiger partial charge on any atom is 0.307 e. The van der Waals surface area contributed by atoms with Crippen LogP contribution in [0.4, 0.5) is 0 Å². The number of carboxylic acid groups (broad SMARTS) is 1. The lowest BCUT2D eigenvalue weighted by molar-refractivity contribution is -0.139. The Morgan fingerprint density at radius 1 is 1.21 bits per heavy atom. The molecule has 7 heteroatoms. The minimum Gasteiger partial charge on any atom is -0.486 e. The van der Waals surface area contributed by atoms with Gasteiger partial charge >= 0.3 is 5.97 Å². The Bertz CT molecular complexity index is 711. The molecule has 6 nitrogen and oxygen atoms in total. The lowest BCUT2D eigenvalue weighted by Gasteiger charge is -2.33. The van der Waals surface area contributed by atoms with E-state index >= 15 is 0 Å². The van der Waals surface area contributed by atoms with Crippen molar-refractivity contribution in [1.82, 2.24) is 4.90 Å². The molecule has 0 aromatic heterocycles. The highest BCUT2D eigenvalue weighted by atomic mass is 79.9. The molecule has 1 saturated carbocycles. The predicted octanol–water partition coefficient (Wildman–Crippen LogP) is 2.55. The van der Waals surface area contributed by atoms with E-state index in [0.29, 0.717) is 47.8 Å². The largest absolute Gasteiger partial charge is 0.486 e. The van der Waals surface area contributed by atoms with Crippen LogP contribution in [-0.4, -0.2) is 48.2 Å². The van der Waals surface area contributed by atoms with Crippen molar-refractivity contribution in [3.63, 3.8) is 0 Å². The second-order valence-electron chi connectivity index (χ2n) is 6.73. The minimum absolute atomic E-state index is 0.0463. The molecule has 1 atom stereocenters. The Balaban J connectivity index is 1.47. The number of benzene rings is 1. The highest BCUT2D eigenvalue weighted by Crippen LogP contribution is 2.59. The van der Waals surface area contributed by atoms with Gasteiger partial charge in [-0.15, -0.1) is 0 Å². The Morgan fingerprint density at radius 3 is 2.58 bits per heavy atom. The first kappa shape index (κ1) is 15.7. The van der Waals surface area contributed by atoms with Gasteiger partial charge in [0.15, 0.2) is 11.5 Å². The lowest BCUT2D eigenvalue weighted by atomic mass is 9.90. The van der Waals surface area contributed by atoms with Crippen molar-refractivity contribution in [3.05, 3.63) is 22.2 Å². The van der Waals surface area contributed by atoms with Gasteiger partial charge in [-0.25, -0.2) is 0 Å². The molecule has 1 aliphatic carbocycles. The number of halogens is 1. The zero-order valence-electron chi connectivity index (χ0n) is 13.1. The van der Waals surface area contributed by atoms with Gasteiger partial charge in [0.25, 0.3) is 5.91 Å². The second-order valence-corrected chi connectivity index (χ2v) is 7.59. The molecule has 1 spiro atoms. The van der Waals surface area contributed by atoms with E-state index < -0.39 is 5.97 Å². The lowest BCUT2D eigenvalue weighted by Crippen LogP contribution is -2.40. The van der Waals surface area contributed by atoms with Gasteiger partial charge in [0, 0.05) is 18.7 Å². The summed E-state index contributed by atoms with van der Waals surface area (Å²) in [7, 11) is 0. The van der Waals surface area contributed by atoms with Crippen molar-refractivity contribution in [2.24, 2.45) is 11.3 Å². The average molecular weight is 396 g/mol. The number of fused-ring (bicyclic) bond motifs is 1. The molecule has 1 N–H and O–H groups in total. The zero-order chi connectivity index (χ0) is 16.9. The molecule has 1 saturated heterocycles. The second kappa shape index (κ2) is 5.65. The molecule has 0 bridgehead atoms. The summed E-state index contributed by atoms with van der Waals surface area (Å²) < 4.78 is 11.8. The fourth-order valence-electron chi connectivity index (χ4n) is 3.82. The number of piperidine rings is 1. The number of amides is 1. The van der Waals surface area contributed by atoms with Crippen LogP contribution in [0.25, 0.3) is 0 Å². The smallest absolute Gasteiger partial charge is 0.307 e. The standard InChI is InChI=1S/C17H18BrNO5/c18-12-7-10(8-13-14(12)24-6-5-23-13)15(20)19-3-1-17(2-4-19)9-11(17)16(21)22/h7-8,11H,1-6,9H2,(H,21,22). The Kier molecular flexibility index (Phi) is 3.71. The first-order valence-electron chi connectivity index (χ1n) is 8.11. The van der Waals surface area contributed by atoms with Crippen LogP contribution >= 0.6 is 15.9 Å². The summed E-state index contributed by atoms with van der Waals surface area (Å²) in [4.78, 5) is 25.7. The molecule has 24 heavy (non-hydrogen) atoms. The van der Waals surface area contributed by atoms with Crippen LogP contribution in [0.2, 0.25) is 0 Å². The number of carboxylic acids is 1. The number of hydrogen-bond donors (Lipinski definition) is 1. The molecule has 2 fully saturated rings. The number of carbonyl (C=O) groups is 2. The predicted molar refractivity (Wildman–Crippen MR) is 88.4 cm³/mol. The number of hydrogen-bond acceptors (Lipinski definition) is 4. The van der Waals surface area contributed by atoms with Crippen molar-refractivity contribution in [1.29, 1.82) is 0 Å². The minimum atomic E-state index is -0.703. The summed E-state index contributed by atoms with van der Waals surface area (Å²) in [6.07, 6.45) is 2.28. The van der Waals surface area contributed by atoms with Crippen molar-refractivity contribution < 1.29 is 24.2 Å². The molecular weight excluding hydrogens is 378 g/mol. The maximum atomic E-state index is 12.8. The molecule has 2 heterocycles. The molecule has 3 aliphatic rings. The number of nitrogens with zero attached hydrogens (tertiary/aromatic N) is 1. The van der Waals surface area contributed by atoms with E-state index in [1.165, 1.54) is 0 Å². The molecule has 1 unspecified atom stereocenters. The fourth-order valence-corrected chi connectivity index (χ4v) is 4.38. The normalized spacial score (nSPS) is 23.9. The van der Waals surface area contributed by atoms with Crippen LogP contribution in [0.15, 0.2) is 16.6 Å². The quantitative estimate of drug-likeness (QED) is 0.832. The van der Waals surface area contributed by atoms with Crippen LogP contribution in [0.1, 0.15) is 29.6 Å². The van der Waals surface area contributed by atoms with Gasteiger partial charge in [-0.3, -0.25) is 9.59 Å². The summed E-state index contributed by atoms with van der Waals surface area (Å²) in [5.74, 6) is 0.247. The third-order valence-electron chi connectivity index (χ3n) is 5.38. The van der Waals surface area contributed by atoms with Gasteiger partial charge in [0.1, 0.15) is 13.2 Å². The Morgan fingerprint density at radius 2 is 1.92 bits per heavy atom. The number of aliphatic carboxylic acids is 1. The molecule has 1 amide bonds. The zero-order valence-corrected chi connectivity index (χ0v) is 14.7. The Labute approximate surface area is 147 Å². The summed E-state index contributed by atoms with van der Waals surface area (Å²) in [6.45, 7) is 2.18. The number of ether oxygens (including phenoxy) is 2. The van der Waals surface area contributed by atoms with E-state index in [9.17, 15) is 9.59 Å². The van der Waals surface area contributed by atoms with Crippen LogP contribution < -0.4 is 9.47 Å². The number of carbonyl (C=O) groups excluding carboxylic acids is 1. The van der Waals surface area contributed by atoms with Crippen LogP contribution in [0.5, 0.6) is 11.5 Å². The number of likely N-dealkylation sites (tertiary alicyclic amines) is 1. The van der Waals surface area contributed by atoms with E-state index in [4.69, 9.17) is 14.6 Å². The maximum absolute atomic E-state index is 12.8. The third kappa shape index (κ3) is 2.55. The average Bonchev–Trinajstić information content (AvgIpc) is 3.29. The topological polar surface area (TPSA) is 76.1 Å². The molecule has 1 aromatic rings. The number of rotatable bonds is 2. The highest BCUT2D eigenvalue weighted by molar-refractivity contribution is 9.10. The molecule has 2 aliphatic heterocycles. The highest BCUT2D eigenvalue weighted by Gasteiger charge is 2.59. The summed E-state index contributed by atoms with van der Waals surface area (Å²) in [5, 5.41) is 9.16. The third-order valence-corrected chi connectivity index (χ3v) is 5.97. The van der Waals surface area contributed by atoms with E-state index in [2.05, 4.69) is 15.9 Å². The monoisotopic (exact) mass is 395 g/mol. The molecule has 1 aromatic carbocycles. The van der Waals surface area contributed by atoms with Crippen LogP contribution in [0.3, 0.4) is 0 Å². The molecule has 0 radical (unpaired) electrons. The van der Waals surface area contributed by atoms with E-state index in [0.717, 1.165) is 19.3 Å². The van der Waals surface area contributed by atoms with Gasteiger partial charge in [0.2, 0.25) is 0 Å². The van der Waals surface area contributed by atoms with Crippen LogP contribution in [0, 0.1) is 11.3 Å². The van der Waals surface area contributed by atoms with Crippen molar-refractivity contribution in [2.45, 2.75) is 19.3 Å². The summed E-state index contributed by atoms with van der Waals surface area (Å²) >= 11 is 3.44. The Hall–Kier alpha value is -1.76. The van der Waals surface area contributed by atoms with Crippen LogP contribution in [-0.2, 0) is 4.79 Å². The molecule has 128 valence electrons. The first-order chi connectivity index (χ1) is 11.5. The van der Waals surface area contributed by atoms with Gasteiger partial charge in [0.05, 0.1) is 10.4 Å². The van der Waals surface area contributed by atoms with E-state index in [-0.39, 0.29) is 17.2 Å². The van der Waals surface area contributed by atoms with Gasteiger partial charge in [-0.1, -0.05) is 0 Å².